The molecule has 2 aliphatic rings. The fraction of sp³-hybridized carbons (Fsp3) is 0.737. The first-order valence-electron chi connectivity index (χ1n) is 27.3. The molecule has 2 aliphatic heterocycles. The predicted molar refractivity (Wildman–Crippen MR) is 301 cm³/mol. The van der Waals surface area contributed by atoms with Crippen molar-refractivity contribution < 1.29 is 52.1 Å². The van der Waals surface area contributed by atoms with Crippen molar-refractivity contribution in [2.24, 2.45) is 28.2 Å². The third-order valence-corrected chi connectivity index (χ3v) is 21.2. The molecule has 16 nitrogen and oxygen atoms in total. The van der Waals surface area contributed by atoms with Crippen LogP contribution in [-0.4, -0.2) is 152 Å². The number of nitrogens with zero attached hydrogens (tertiary/aromatic N) is 4. The van der Waals surface area contributed by atoms with Crippen molar-refractivity contribution >= 4 is 60.9 Å². The summed E-state index contributed by atoms with van der Waals surface area (Å²) in [6, 6.07) is 6.34. The fourth-order valence-electron chi connectivity index (χ4n) is 9.77. The fourth-order valence-corrected chi connectivity index (χ4v) is 13.8. The van der Waals surface area contributed by atoms with Crippen molar-refractivity contribution in [3.8, 4) is 5.75 Å². The molecule has 1 aromatic carbocycles. The molecule has 1 aromatic rings. The van der Waals surface area contributed by atoms with Gasteiger partial charge in [-0.25, -0.2) is 14.4 Å². The molecule has 10 atom stereocenters. The smallest absolute Gasteiger partial charge is 0.411 e. The van der Waals surface area contributed by atoms with Crippen LogP contribution in [0.1, 0.15) is 142 Å². The van der Waals surface area contributed by atoms with E-state index in [-0.39, 0.29) is 41.7 Å². The van der Waals surface area contributed by atoms with Crippen LogP contribution in [0.25, 0.3) is 0 Å². The van der Waals surface area contributed by atoms with Crippen LogP contribution in [0, 0.1) is 23.2 Å². The Morgan fingerprint density at radius 3 is 2.04 bits per heavy atom. The number of amides is 4. The molecule has 75 heavy (non-hydrogen) atoms. The molecule has 18 heteroatoms. The van der Waals surface area contributed by atoms with E-state index in [1.165, 1.54) is 28.9 Å². The molecule has 1 saturated heterocycles. The maximum absolute atomic E-state index is 14.4. The first kappa shape index (κ1) is 64.9. The number of nitrogens with one attached hydrogen (secondary N) is 1. The predicted octanol–water partition coefficient (Wildman–Crippen LogP) is 9.88. The number of methoxy groups -OCH3 is 2. The van der Waals surface area contributed by atoms with Crippen molar-refractivity contribution in [1.29, 1.82) is 0 Å². The Morgan fingerprint density at radius 1 is 0.893 bits per heavy atom. The molecule has 0 radical (unpaired) electrons. The lowest BCUT2D eigenvalue weighted by Crippen LogP contribution is -2.57. The number of hydrogen-bond acceptors (Lipinski definition) is 13. The Hall–Kier alpha value is -4.42. The highest BCUT2D eigenvalue weighted by atomic mass is 32.2. The van der Waals surface area contributed by atoms with E-state index in [0.717, 1.165) is 35.2 Å². The molecule has 3 rings (SSSR count). The summed E-state index contributed by atoms with van der Waals surface area (Å²) in [6.45, 7) is 30.3. The van der Waals surface area contributed by atoms with E-state index in [4.69, 9.17) is 28.4 Å². The van der Waals surface area contributed by atoms with Crippen molar-refractivity contribution in [2.45, 2.75) is 209 Å². The topological polar surface area (TPSA) is 183 Å². The second-order valence-corrected chi connectivity index (χ2v) is 28.9. The second-order valence-electron chi connectivity index (χ2n) is 23.1. The van der Waals surface area contributed by atoms with Gasteiger partial charge in [-0.05, 0) is 113 Å². The van der Waals surface area contributed by atoms with Gasteiger partial charge in [-0.3, -0.25) is 24.3 Å². The number of aliphatic imine (C=N–C) groups is 1. The van der Waals surface area contributed by atoms with Crippen LogP contribution >= 0.6 is 11.8 Å². The van der Waals surface area contributed by atoms with Crippen molar-refractivity contribution in [1.82, 2.24) is 20.0 Å². The van der Waals surface area contributed by atoms with Crippen molar-refractivity contribution in [3.05, 3.63) is 41.5 Å². The van der Waals surface area contributed by atoms with Crippen LogP contribution in [0.15, 0.2) is 40.9 Å². The van der Waals surface area contributed by atoms with Gasteiger partial charge in [-0.15, -0.1) is 11.8 Å². The van der Waals surface area contributed by atoms with Gasteiger partial charge in [0.1, 0.15) is 41.6 Å². The zero-order valence-electron chi connectivity index (χ0n) is 49.1. The molecule has 1 fully saturated rings. The molecular weight excluding hydrogens is 991 g/mol. The summed E-state index contributed by atoms with van der Waals surface area (Å²) >= 11 is 1.67. The van der Waals surface area contributed by atoms with Gasteiger partial charge < -0.3 is 38.5 Å². The highest BCUT2D eigenvalue weighted by Crippen LogP contribution is 2.37. The van der Waals surface area contributed by atoms with E-state index in [0.29, 0.717) is 49.3 Å². The molecule has 0 saturated carbocycles. The first-order chi connectivity index (χ1) is 35.0. The van der Waals surface area contributed by atoms with E-state index in [1.807, 2.05) is 52.8 Å². The van der Waals surface area contributed by atoms with Gasteiger partial charge in [-0.2, -0.15) is 0 Å². The van der Waals surface area contributed by atoms with E-state index >= 15 is 0 Å². The molecule has 0 spiro atoms. The van der Waals surface area contributed by atoms with Crippen molar-refractivity contribution in [2.75, 3.05) is 40.6 Å². The third-order valence-electron chi connectivity index (χ3n) is 15.3. The molecule has 1 N–H and O–H groups in total. The Kier molecular flexibility index (Phi) is 24.9. The minimum Gasteiger partial charge on any atom is -0.497 e. The highest BCUT2D eigenvalue weighted by Gasteiger charge is 2.43. The molecule has 0 aromatic heterocycles. The number of benzene rings is 1. The van der Waals surface area contributed by atoms with Crippen LogP contribution in [0.5, 0.6) is 5.75 Å². The summed E-state index contributed by atoms with van der Waals surface area (Å²) in [5.74, 6) is -1.16. The lowest BCUT2D eigenvalue weighted by atomic mass is 9.81. The number of hydrogen-bond donors (Lipinski definition) is 1. The number of esters is 2. The SMILES string of the molecule is CC[C@H](C)[C@@H](C(=O)OC)N(C)C(=O)[C@H](C)N(C)C(=O)[C@H](Cc1ccc(OC)cc1)NC(=O)/C(C)=C/[C@H]1CSC([C@@H](C)[C@H](C[C@H](C)C[C@H](OC(=O)[C@@H]2CCCN2C(=O)OC(C)(C)C)C(C)(C)C)O[Si](CC)(CC)CC)=N1. The van der Waals surface area contributed by atoms with Gasteiger partial charge in [0, 0.05) is 44.3 Å². The summed E-state index contributed by atoms with van der Waals surface area (Å²) in [6.07, 6.45) is 4.10. The lowest BCUT2D eigenvalue weighted by Gasteiger charge is -2.39. The zero-order chi connectivity index (χ0) is 56.7. The van der Waals surface area contributed by atoms with Crippen LogP contribution < -0.4 is 10.1 Å². The van der Waals surface area contributed by atoms with Crippen LogP contribution in [0.4, 0.5) is 4.79 Å². The maximum Gasteiger partial charge on any atom is 0.411 e. The summed E-state index contributed by atoms with van der Waals surface area (Å²) in [5, 5.41) is 3.94. The van der Waals surface area contributed by atoms with Gasteiger partial charge in [0.05, 0.1) is 31.4 Å². The second kappa shape index (κ2) is 28.8. The molecule has 0 aliphatic carbocycles. The highest BCUT2D eigenvalue weighted by molar-refractivity contribution is 8.14. The number of ether oxygens (including phenoxy) is 4. The van der Waals surface area contributed by atoms with Gasteiger partial charge in [-0.1, -0.05) is 93.9 Å². The maximum atomic E-state index is 14.4. The molecule has 424 valence electrons. The average molecular weight is 1090 g/mol. The number of thioether (sulfide) groups is 1. The Labute approximate surface area is 455 Å². The number of likely N-dealkylation sites (tertiary alicyclic amines) is 1. The van der Waals surface area contributed by atoms with E-state index in [2.05, 4.69) is 60.7 Å². The van der Waals surface area contributed by atoms with Crippen LogP contribution in [0.2, 0.25) is 18.1 Å². The Bertz CT molecular complexity index is 2130. The minimum absolute atomic E-state index is 0.0584. The normalized spacial score (nSPS) is 19.6. The molecule has 2 heterocycles. The number of rotatable bonds is 26. The van der Waals surface area contributed by atoms with Crippen molar-refractivity contribution in [3.63, 3.8) is 0 Å². The molecule has 0 unspecified atom stereocenters. The van der Waals surface area contributed by atoms with Gasteiger partial charge in [0.15, 0.2) is 8.32 Å². The van der Waals surface area contributed by atoms with Gasteiger partial charge in [0.2, 0.25) is 17.7 Å². The number of carbonyl (C=O) groups is 6. The largest absolute Gasteiger partial charge is 0.497 e. The van der Waals surface area contributed by atoms with Gasteiger partial charge in [0.25, 0.3) is 0 Å². The van der Waals surface area contributed by atoms with Gasteiger partial charge >= 0.3 is 18.0 Å². The van der Waals surface area contributed by atoms with E-state index < -0.39 is 79.9 Å². The Morgan fingerprint density at radius 2 is 1.51 bits per heavy atom. The van der Waals surface area contributed by atoms with E-state index in [1.54, 1.807) is 51.9 Å². The molecule has 4 amide bonds. The third kappa shape index (κ3) is 18.4. The quantitative estimate of drug-likeness (QED) is 0.0402. The monoisotopic (exact) mass is 1090 g/mol. The first-order valence-corrected chi connectivity index (χ1v) is 30.8. The Balaban J connectivity index is 1.88. The lowest BCUT2D eigenvalue weighted by molar-refractivity contribution is -0.161. The number of likely N-dealkylation sites (N-methyl/N-ethyl adjacent to an activating group) is 2. The summed E-state index contributed by atoms with van der Waals surface area (Å²) in [4.78, 5) is 91.7. The number of carbonyl (C=O) groups excluding carboxylic acids is 6. The average Bonchev–Trinajstić information content (AvgIpc) is 4.06. The molecular formula is C57H95N5O11SSi. The van der Waals surface area contributed by atoms with E-state index in [9.17, 15) is 28.8 Å². The summed E-state index contributed by atoms with van der Waals surface area (Å²) in [5.41, 5.74) is 0.119. The molecule has 0 bridgehead atoms. The van der Waals surface area contributed by atoms with Crippen LogP contribution in [0.3, 0.4) is 0 Å². The zero-order valence-corrected chi connectivity index (χ0v) is 50.9. The minimum atomic E-state index is -2.12. The summed E-state index contributed by atoms with van der Waals surface area (Å²) in [7, 11) is 3.81. The standard InChI is InChI=1S/C57H95N5O11SSi/c1-20-37(6)48(54(67)70-19)61(17)51(64)40(9)60(16)52(65)44(34-41-26-28-43(69-18)29-27-41)59-49(63)38(7)33-42-35-74-50(58-42)39(8)46(73-75(21-2,22-3)23-4)31-36(5)32-47(56(10,11)12)71-53(66)45-25-24-30-62(45)55(68)72-57(13,14)15/h26-29,33,36-37,39-40,42,44-48H,20-25,30-32,34-35H2,1-19H3,(H,59,63)/b38-33+/t36-,37-,39-,40-,42-,44-,45-,46-,47-,48-/m0/s1. The summed E-state index contributed by atoms with van der Waals surface area (Å²) < 4.78 is 29.7. The van der Waals surface area contributed by atoms with Crippen LogP contribution in [-0.2, 0) is 49.0 Å².